The molecule has 0 radical (unpaired) electrons. The van der Waals surface area contributed by atoms with Gasteiger partial charge in [-0.25, -0.2) is 0 Å². The van der Waals surface area contributed by atoms with E-state index < -0.39 is 11.5 Å². The van der Waals surface area contributed by atoms with Gasteiger partial charge in [-0.15, -0.1) is 0 Å². The van der Waals surface area contributed by atoms with Gasteiger partial charge in [-0.3, -0.25) is 9.69 Å². The van der Waals surface area contributed by atoms with Crippen molar-refractivity contribution in [2.75, 3.05) is 25.5 Å². The number of rotatable bonds is 4. The zero-order valence-corrected chi connectivity index (χ0v) is 13.5. The Hall–Kier alpha value is -1.55. The molecule has 0 saturated carbocycles. The van der Waals surface area contributed by atoms with Crippen molar-refractivity contribution in [1.29, 1.82) is 0 Å². The lowest BCUT2D eigenvalue weighted by atomic mass is 9.86. The SMILES string of the molecule is CC(c1ccc(N(C)C)cc1)N1CCCCC1(C)C(=O)O. The number of benzene rings is 1. The predicted octanol–water partition coefficient (Wildman–Crippen LogP) is 3.14. The van der Waals surface area contributed by atoms with Crippen LogP contribution in [-0.4, -0.2) is 42.2 Å². The summed E-state index contributed by atoms with van der Waals surface area (Å²) in [6.45, 7) is 4.82. The number of carboxylic acids is 1. The van der Waals surface area contributed by atoms with Crippen LogP contribution < -0.4 is 4.90 Å². The molecule has 2 rings (SSSR count). The summed E-state index contributed by atoms with van der Waals surface area (Å²) in [5.41, 5.74) is 1.58. The van der Waals surface area contributed by atoms with Crippen LogP contribution in [0.2, 0.25) is 0 Å². The average molecular weight is 290 g/mol. The molecule has 1 aromatic rings. The number of hydrogen-bond donors (Lipinski definition) is 1. The smallest absolute Gasteiger partial charge is 0.323 e. The van der Waals surface area contributed by atoms with Crippen molar-refractivity contribution in [3.05, 3.63) is 29.8 Å². The first kappa shape index (κ1) is 15.8. The fourth-order valence-corrected chi connectivity index (χ4v) is 3.22. The third kappa shape index (κ3) is 3.05. The van der Waals surface area contributed by atoms with Crippen molar-refractivity contribution in [2.24, 2.45) is 0 Å². The highest BCUT2D eigenvalue weighted by molar-refractivity contribution is 5.78. The van der Waals surface area contributed by atoms with Crippen molar-refractivity contribution in [3.8, 4) is 0 Å². The van der Waals surface area contributed by atoms with Crippen LogP contribution in [0.1, 0.15) is 44.7 Å². The molecule has 0 amide bonds. The van der Waals surface area contributed by atoms with E-state index in [4.69, 9.17) is 0 Å². The Kier molecular flexibility index (Phi) is 4.57. The third-order valence-electron chi connectivity index (χ3n) is 4.77. The van der Waals surface area contributed by atoms with Crippen molar-refractivity contribution in [1.82, 2.24) is 4.90 Å². The Bertz CT molecular complexity index is 498. The van der Waals surface area contributed by atoms with Crippen LogP contribution in [0.4, 0.5) is 5.69 Å². The summed E-state index contributed by atoms with van der Waals surface area (Å²) in [5.74, 6) is -0.709. The number of anilines is 1. The van der Waals surface area contributed by atoms with Crippen LogP contribution in [0.15, 0.2) is 24.3 Å². The van der Waals surface area contributed by atoms with Gasteiger partial charge in [0.2, 0.25) is 0 Å². The van der Waals surface area contributed by atoms with Crippen molar-refractivity contribution >= 4 is 11.7 Å². The number of carbonyl (C=O) groups is 1. The van der Waals surface area contributed by atoms with Crippen LogP contribution in [0.25, 0.3) is 0 Å². The second-order valence-corrected chi connectivity index (χ2v) is 6.39. The van der Waals surface area contributed by atoms with E-state index in [0.717, 1.165) is 31.5 Å². The van der Waals surface area contributed by atoms with Crippen LogP contribution >= 0.6 is 0 Å². The fraction of sp³-hybridized carbons (Fsp3) is 0.588. The second-order valence-electron chi connectivity index (χ2n) is 6.39. The molecule has 1 fully saturated rings. The number of piperidine rings is 1. The Morgan fingerprint density at radius 1 is 1.29 bits per heavy atom. The first-order valence-electron chi connectivity index (χ1n) is 7.63. The maximum absolute atomic E-state index is 11.7. The Morgan fingerprint density at radius 2 is 1.90 bits per heavy atom. The maximum Gasteiger partial charge on any atom is 0.323 e. The highest BCUT2D eigenvalue weighted by Gasteiger charge is 2.43. The van der Waals surface area contributed by atoms with Gasteiger partial charge in [-0.2, -0.15) is 0 Å². The van der Waals surface area contributed by atoms with Crippen LogP contribution in [0, 0.1) is 0 Å². The fourth-order valence-electron chi connectivity index (χ4n) is 3.22. The molecule has 4 heteroatoms. The Balaban J connectivity index is 2.24. The molecule has 1 aromatic carbocycles. The van der Waals surface area contributed by atoms with E-state index in [1.807, 2.05) is 21.0 Å². The van der Waals surface area contributed by atoms with Crippen molar-refractivity contribution in [3.63, 3.8) is 0 Å². The molecule has 0 aromatic heterocycles. The molecule has 0 bridgehead atoms. The molecule has 21 heavy (non-hydrogen) atoms. The third-order valence-corrected chi connectivity index (χ3v) is 4.77. The van der Waals surface area contributed by atoms with E-state index in [1.54, 1.807) is 0 Å². The number of hydrogen-bond acceptors (Lipinski definition) is 3. The predicted molar refractivity (Wildman–Crippen MR) is 85.8 cm³/mol. The normalized spacial score (nSPS) is 24.6. The van der Waals surface area contributed by atoms with Gasteiger partial charge < -0.3 is 10.0 Å². The molecular weight excluding hydrogens is 264 g/mol. The number of nitrogens with zero attached hydrogens (tertiary/aromatic N) is 2. The topological polar surface area (TPSA) is 43.8 Å². The summed E-state index contributed by atoms with van der Waals surface area (Å²) in [5, 5.41) is 9.63. The van der Waals surface area contributed by atoms with Crippen molar-refractivity contribution < 1.29 is 9.90 Å². The van der Waals surface area contributed by atoms with E-state index in [9.17, 15) is 9.90 Å². The van der Waals surface area contributed by atoms with Gasteiger partial charge in [0.05, 0.1) is 0 Å². The van der Waals surface area contributed by atoms with E-state index in [0.29, 0.717) is 0 Å². The van der Waals surface area contributed by atoms with Gasteiger partial charge in [0.15, 0.2) is 0 Å². The molecule has 1 aliphatic rings. The number of likely N-dealkylation sites (tertiary alicyclic amines) is 1. The lowest BCUT2D eigenvalue weighted by Crippen LogP contribution is -2.55. The van der Waals surface area contributed by atoms with Crippen LogP contribution in [0.3, 0.4) is 0 Å². The lowest BCUT2D eigenvalue weighted by Gasteiger charge is -2.45. The first-order valence-corrected chi connectivity index (χ1v) is 7.63. The van der Waals surface area contributed by atoms with E-state index >= 15 is 0 Å². The Labute approximate surface area is 127 Å². The highest BCUT2D eigenvalue weighted by Crippen LogP contribution is 2.36. The van der Waals surface area contributed by atoms with Crippen LogP contribution in [0.5, 0.6) is 0 Å². The van der Waals surface area contributed by atoms with Gasteiger partial charge >= 0.3 is 5.97 Å². The molecule has 0 aliphatic carbocycles. The molecular formula is C17H26N2O2. The standard InChI is InChI=1S/C17H26N2O2/c1-13(14-7-9-15(10-8-14)18(3)4)19-12-6-5-11-17(19,2)16(20)21/h7-10,13H,5-6,11-12H2,1-4H3,(H,20,21). The molecule has 1 aliphatic heterocycles. The maximum atomic E-state index is 11.7. The van der Waals surface area contributed by atoms with Gasteiger partial charge in [0.25, 0.3) is 0 Å². The molecule has 1 N–H and O–H groups in total. The largest absolute Gasteiger partial charge is 0.480 e. The van der Waals surface area contributed by atoms with E-state index in [1.165, 1.54) is 5.56 Å². The van der Waals surface area contributed by atoms with Gasteiger partial charge in [0.1, 0.15) is 5.54 Å². The molecule has 1 saturated heterocycles. The summed E-state index contributed by atoms with van der Waals surface area (Å²) >= 11 is 0. The van der Waals surface area contributed by atoms with E-state index in [-0.39, 0.29) is 6.04 Å². The molecule has 1 heterocycles. The zero-order chi connectivity index (χ0) is 15.6. The zero-order valence-electron chi connectivity index (χ0n) is 13.5. The second kappa shape index (κ2) is 6.06. The quantitative estimate of drug-likeness (QED) is 0.925. The first-order chi connectivity index (χ1) is 9.86. The summed E-state index contributed by atoms with van der Waals surface area (Å²) in [6, 6.07) is 8.51. The van der Waals surface area contributed by atoms with Gasteiger partial charge in [0, 0.05) is 25.8 Å². The van der Waals surface area contributed by atoms with Crippen molar-refractivity contribution in [2.45, 2.75) is 44.7 Å². The minimum Gasteiger partial charge on any atom is -0.480 e. The summed E-state index contributed by atoms with van der Waals surface area (Å²) in [4.78, 5) is 15.9. The number of aliphatic carboxylic acids is 1. The number of carboxylic acid groups (broad SMARTS) is 1. The molecule has 116 valence electrons. The molecule has 2 unspecified atom stereocenters. The minimum absolute atomic E-state index is 0.114. The summed E-state index contributed by atoms with van der Waals surface area (Å²) in [7, 11) is 4.04. The summed E-state index contributed by atoms with van der Waals surface area (Å²) < 4.78 is 0. The molecule has 0 spiro atoms. The van der Waals surface area contributed by atoms with Gasteiger partial charge in [-0.05, 0) is 57.4 Å². The highest BCUT2D eigenvalue weighted by atomic mass is 16.4. The molecule has 4 nitrogen and oxygen atoms in total. The Morgan fingerprint density at radius 3 is 2.43 bits per heavy atom. The summed E-state index contributed by atoms with van der Waals surface area (Å²) in [6.07, 6.45) is 2.79. The average Bonchev–Trinajstić information content (AvgIpc) is 2.47. The minimum atomic E-state index is -0.752. The van der Waals surface area contributed by atoms with Gasteiger partial charge in [-0.1, -0.05) is 12.1 Å². The monoisotopic (exact) mass is 290 g/mol. The van der Waals surface area contributed by atoms with Crippen LogP contribution in [-0.2, 0) is 4.79 Å². The molecule has 2 atom stereocenters. The lowest BCUT2D eigenvalue weighted by molar-refractivity contribution is -0.155. The van der Waals surface area contributed by atoms with E-state index in [2.05, 4.69) is 41.0 Å².